The fourth-order valence-corrected chi connectivity index (χ4v) is 3.77. The zero-order valence-corrected chi connectivity index (χ0v) is 16.3. The molecule has 0 spiro atoms. The number of benzene rings is 1. The van der Waals surface area contributed by atoms with Crippen LogP contribution in [0.3, 0.4) is 0 Å². The summed E-state index contributed by atoms with van der Waals surface area (Å²) in [6, 6.07) is 9.28. The molecule has 2 amide bonds. The number of rotatable bonds is 5. The minimum atomic E-state index is -0.618. The SMILES string of the molecule is NC(=O)c1cc2cc(F)ccc2nc1[C@@H]1CCCN(C(=O)COc2cccnc2)C1. The summed E-state index contributed by atoms with van der Waals surface area (Å²) in [5.41, 5.74) is 6.97. The molecule has 2 N–H and O–H groups in total. The molecule has 8 heteroatoms. The molecular weight excluding hydrogens is 387 g/mol. The van der Waals surface area contributed by atoms with Gasteiger partial charge in [0.25, 0.3) is 11.8 Å². The summed E-state index contributed by atoms with van der Waals surface area (Å²) in [5.74, 6) is -0.786. The number of amides is 2. The van der Waals surface area contributed by atoms with Crippen LogP contribution in [0.2, 0.25) is 0 Å². The van der Waals surface area contributed by atoms with Gasteiger partial charge >= 0.3 is 0 Å². The van der Waals surface area contributed by atoms with Crippen LogP contribution in [0, 0.1) is 5.82 Å². The summed E-state index contributed by atoms with van der Waals surface area (Å²) in [5, 5.41) is 0.515. The van der Waals surface area contributed by atoms with Crippen LogP contribution in [0.1, 0.15) is 34.8 Å². The van der Waals surface area contributed by atoms with Crippen LogP contribution in [0.25, 0.3) is 10.9 Å². The second kappa shape index (κ2) is 8.44. The van der Waals surface area contributed by atoms with Crippen molar-refractivity contribution in [2.24, 2.45) is 5.73 Å². The first-order valence-electron chi connectivity index (χ1n) is 9.72. The quantitative estimate of drug-likeness (QED) is 0.700. The standard InChI is InChI=1S/C22H21FN4O3/c23-16-5-6-19-15(9-16)10-18(22(24)29)21(26-19)14-3-2-8-27(12-14)20(28)13-30-17-4-1-7-25-11-17/h1,4-7,9-11,14H,2-3,8,12-13H2,(H2,24,29)/t14-/m1/s1. The van der Waals surface area contributed by atoms with E-state index in [1.165, 1.54) is 12.1 Å². The van der Waals surface area contributed by atoms with Gasteiger partial charge in [-0.15, -0.1) is 0 Å². The number of ether oxygens (including phenoxy) is 1. The molecule has 1 saturated heterocycles. The Balaban J connectivity index is 1.54. The highest BCUT2D eigenvalue weighted by Gasteiger charge is 2.29. The van der Waals surface area contributed by atoms with Crippen molar-refractivity contribution < 1.29 is 18.7 Å². The summed E-state index contributed by atoms with van der Waals surface area (Å²) in [6.45, 7) is 0.928. The Morgan fingerprint density at radius 3 is 2.90 bits per heavy atom. The van der Waals surface area contributed by atoms with Gasteiger partial charge in [0.2, 0.25) is 0 Å². The van der Waals surface area contributed by atoms with Gasteiger partial charge < -0.3 is 15.4 Å². The van der Waals surface area contributed by atoms with E-state index >= 15 is 0 Å². The van der Waals surface area contributed by atoms with Crippen LogP contribution in [0.4, 0.5) is 4.39 Å². The summed E-state index contributed by atoms with van der Waals surface area (Å²) >= 11 is 0. The summed E-state index contributed by atoms with van der Waals surface area (Å²) < 4.78 is 19.1. The van der Waals surface area contributed by atoms with Gasteiger partial charge in [0.05, 0.1) is 23.0 Å². The van der Waals surface area contributed by atoms with E-state index in [1.807, 2.05) is 0 Å². The number of piperidine rings is 1. The van der Waals surface area contributed by atoms with E-state index in [1.54, 1.807) is 41.6 Å². The third-order valence-electron chi connectivity index (χ3n) is 5.23. The van der Waals surface area contributed by atoms with Crippen LogP contribution < -0.4 is 10.5 Å². The zero-order valence-electron chi connectivity index (χ0n) is 16.3. The molecule has 30 heavy (non-hydrogen) atoms. The molecule has 7 nitrogen and oxygen atoms in total. The molecule has 0 saturated carbocycles. The molecule has 1 aromatic carbocycles. The molecule has 3 aromatic rings. The lowest BCUT2D eigenvalue weighted by Crippen LogP contribution is -2.42. The number of hydrogen-bond acceptors (Lipinski definition) is 5. The lowest BCUT2D eigenvalue weighted by atomic mass is 9.90. The molecule has 3 heterocycles. The summed E-state index contributed by atoms with van der Waals surface area (Å²) in [6.07, 6.45) is 4.72. The maximum Gasteiger partial charge on any atom is 0.260 e. The number of pyridine rings is 2. The van der Waals surface area contributed by atoms with Gasteiger partial charge in [-0.2, -0.15) is 0 Å². The fourth-order valence-electron chi connectivity index (χ4n) is 3.77. The fraction of sp³-hybridized carbons (Fsp3) is 0.273. The second-order valence-electron chi connectivity index (χ2n) is 7.28. The third-order valence-corrected chi connectivity index (χ3v) is 5.23. The van der Waals surface area contributed by atoms with E-state index in [0.29, 0.717) is 35.4 Å². The average Bonchev–Trinajstić information content (AvgIpc) is 2.77. The van der Waals surface area contributed by atoms with Crippen molar-refractivity contribution in [3.05, 3.63) is 65.9 Å². The third kappa shape index (κ3) is 4.22. The van der Waals surface area contributed by atoms with Gasteiger partial charge in [0.15, 0.2) is 6.61 Å². The maximum atomic E-state index is 13.6. The van der Waals surface area contributed by atoms with Gasteiger partial charge in [0.1, 0.15) is 11.6 Å². The minimum absolute atomic E-state index is 0.0918. The largest absolute Gasteiger partial charge is 0.482 e. The zero-order chi connectivity index (χ0) is 21.1. The Morgan fingerprint density at radius 1 is 1.27 bits per heavy atom. The molecule has 1 atom stereocenters. The molecule has 0 unspecified atom stereocenters. The van der Waals surface area contributed by atoms with Gasteiger partial charge in [-0.05, 0) is 49.2 Å². The van der Waals surface area contributed by atoms with E-state index in [2.05, 4.69) is 9.97 Å². The van der Waals surface area contributed by atoms with Crippen molar-refractivity contribution in [3.63, 3.8) is 0 Å². The van der Waals surface area contributed by atoms with Crippen molar-refractivity contribution in [2.75, 3.05) is 19.7 Å². The van der Waals surface area contributed by atoms with Gasteiger partial charge in [-0.3, -0.25) is 19.6 Å². The van der Waals surface area contributed by atoms with Gasteiger partial charge in [-0.1, -0.05) is 0 Å². The number of aromatic nitrogens is 2. The number of carbonyl (C=O) groups is 2. The van der Waals surface area contributed by atoms with Crippen LogP contribution >= 0.6 is 0 Å². The first-order chi connectivity index (χ1) is 14.5. The number of hydrogen-bond donors (Lipinski definition) is 1. The minimum Gasteiger partial charge on any atom is -0.482 e. The van der Waals surface area contributed by atoms with Gasteiger partial charge in [-0.25, -0.2) is 4.39 Å². The molecule has 154 valence electrons. The molecular formula is C22H21FN4O3. The van der Waals surface area contributed by atoms with E-state index in [9.17, 15) is 14.0 Å². The predicted molar refractivity (Wildman–Crippen MR) is 109 cm³/mol. The topological polar surface area (TPSA) is 98.4 Å². The first-order valence-corrected chi connectivity index (χ1v) is 9.72. The smallest absolute Gasteiger partial charge is 0.260 e. The Morgan fingerprint density at radius 2 is 2.13 bits per heavy atom. The number of carbonyl (C=O) groups excluding carboxylic acids is 2. The van der Waals surface area contributed by atoms with E-state index in [-0.39, 0.29) is 24.0 Å². The van der Waals surface area contributed by atoms with Crippen molar-refractivity contribution in [3.8, 4) is 5.75 Å². The summed E-state index contributed by atoms with van der Waals surface area (Å²) in [4.78, 5) is 35.0. The molecule has 1 aliphatic rings. The Hall–Kier alpha value is -3.55. The number of halogens is 1. The van der Waals surface area contributed by atoms with Crippen molar-refractivity contribution >= 4 is 22.7 Å². The number of primary amides is 1. The molecule has 0 radical (unpaired) electrons. The molecule has 0 aliphatic carbocycles. The maximum absolute atomic E-state index is 13.6. The van der Waals surface area contributed by atoms with Crippen LogP contribution in [-0.4, -0.2) is 46.4 Å². The molecule has 4 rings (SSSR count). The average molecular weight is 408 g/mol. The normalized spacial score (nSPS) is 16.4. The van der Waals surface area contributed by atoms with E-state index in [0.717, 1.165) is 12.8 Å². The molecule has 1 fully saturated rings. The van der Waals surface area contributed by atoms with Crippen LogP contribution in [-0.2, 0) is 4.79 Å². The highest BCUT2D eigenvalue weighted by Crippen LogP contribution is 2.30. The van der Waals surface area contributed by atoms with Crippen LogP contribution in [0.15, 0.2) is 48.8 Å². The second-order valence-corrected chi connectivity index (χ2v) is 7.28. The lowest BCUT2D eigenvalue weighted by molar-refractivity contribution is -0.134. The van der Waals surface area contributed by atoms with Crippen molar-refractivity contribution in [1.29, 1.82) is 0 Å². The lowest BCUT2D eigenvalue weighted by Gasteiger charge is -2.33. The number of fused-ring (bicyclic) bond motifs is 1. The number of likely N-dealkylation sites (tertiary alicyclic amines) is 1. The molecule has 2 aromatic heterocycles. The number of nitrogens with zero attached hydrogens (tertiary/aromatic N) is 3. The molecule has 0 bridgehead atoms. The summed E-state index contributed by atoms with van der Waals surface area (Å²) in [7, 11) is 0. The predicted octanol–water partition coefficient (Wildman–Crippen LogP) is 2.65. The molecule has 1 aliphatic heterocycles. The number of nitrogens with two attached hydrogens (primary N) is 1. The van der Waals surface area contributed by atoms with E-state index in [4.69, 9.17) is 10.5 Å². The Labute approximate surface area is 172 Å². The Kier molecular flexibility index (Phi) is 5.56. The Bertz CT molecular complexity index is 1090. The van der Waals surface area contributed by atoms with Crippen molar-refractivity contribution in [1.82, 2.24) is 14.9 Å². The highest BCUT2D eigenvalue weighted by molar-refractivity contribution is 5.97. The first kappa shape index (κ1) is 19.8. The van der Waals surface area contributed by atoms with Gasteiger partial charge in [0, 0.05) is 30.6 Å². The highest BCUT2D eigenvalue weighted by atomic mass is 19.1. The monoisotopic (exact) mass is 408 g/mol. The van der Waals surface area contributed by atoms with E-state index < -0.39 is 11.7 Å². The van der Waals surface area contributed by atoms with Crippen LogP contribution in [0.5, 0.6) is 5.75 Å². The van der Waals surface area contributed by atoms with Crippen molar-refractivity contribution in [2.45, 2.75) is 18.8 Å².